The van der Waals surface area contributed by atoms with Gasteiger partial charge in [0.15, 0.2) is 0 Å². The molecule has 0 saturated carbocycles. The molecule has 0 spiro atoms. The largest absolute Gasteiger partial charge is 0.383 e. The highest BCUT2D eigenvalue weighted by Crippen LogP contribution is 2.25. The number of hydrogen-bond donors (Lipinski definition) is 1. The Labute approximate surface area is 101 Å². The van der Waals surface area contributed by atoms with Gasteiger partial charge in [0.1, 0.15) is 0 Å². The van der Waals surface area contributed by atoms with E-state index in [1.165, 1.54) is 25.3 Å². The van der Waals surface area contributed by atoms with E-state index in [1.54, 1.807) is 11.4 Å². The van der Waals surface area contributed by atoms with Gasteiger partial charge in [-0.3, -0.25) is 4.79 Å². The van der Waals surface area contributed by atoms with E-state index in [0.29, 0.717) is 5.56 Å². The van der Waals surface area contributed by atoms with Gasteiger partial charge in [0.05, 0.1) is 6.61 Å². The van der Waals surface area contributed by atoms with Crippen molar-refractivity contribution in [3.05, 3.63) is 29.8 Å². The average Bonchev–Trinajstić information content (AvgIpc) is 2.29. The van der Waals surface area contributed by atoms with Gasteiger partial charge >= 0.3 is 18.3 Å². The molecule has 0 heterocycles. The molecule has 0 saturated heterocycles. The van der Waals surface area contributed by atoms with Crippen molar-refractivity contribution in [2.24, 2.45) is 0 Å². The van der Waals surface area contributed by atoms with Crippen molar-refractivity contribution in [3.8, 4) is 0 Å². The fourth-order valence-electron chi connectivity index (χ4n) is 1.22. The summed E-state index contributed by atoms with van der Waals surface area (Å²) >= 11 is 0. The Morgan fingerprint density at radius 3 is 2.67 bits per heavy atom. The Kier molecular flexibility index (Phi) is 4.66. The van der Waals surface area contributed by atoms with E-state index in [4.69, 9.17) is 4.74 Å². The molecule has 1 rings (SSSR count). The Bertz CT molecular complexity index is 423. The average molecular weight is 265 g/mol. The van der Waals surface area contributed by atoms with E-state index in [-0.39, 0.29) is 12.3 Å². The molecule has 0 bridgehead atoms. The standard InChI is InChI=1S/C11H11F4NO2/c1-18-6-7-3-2-4-8(5-7)16-10(17)11(14,15)9(12)13/h2-5,9H,6H2,1H3,(H,16,17). The number of carbonyl (C=O) groups is 1. The maximum Gasteiger partial charge on any atom is 0.383 e. The molecule has 0 aliphatic carbocycles. The van der Waals surface area contributed by atoms with Crippen molar-refractivity contribution in [2.75, 3.05) is 12.4 Å². The molecular formula is C11H11F4NO2. The zero-order valence-electron chi connectivity index (χ0n) is 9.42. The van der Waals surface area contributed by atoms with Gasteiger partial charge in [-0.1, -0.05) is 12.1 Å². The van der Waals surface area contributed by atoms with Crippen LogP contribution >= 0.6 is 0 Å². The minimum Gasteiger partial charge on any atom is -0.380 e. The van der Waals surface area contributed by atoms with E-state index >= 15 is 0 Å². The van der Waals surface area contributed by atoms with Crippen LogP contribution in [0.3, 0.4) is 0 Å². The second-order valence-corrected chi connectivity index (χ2v) is 3.51. The van der Waals surface area contributed by atoms with Crippen LogP contribution in [-0.2, 0) is 16.1 Å². The Morgan fingerprint density at radius 2 is 2.11 bits per heavy atom. The summed E-state index contributed by atoms with van der Waals surface area (Å²) in [4.78, 5) is 11.0. The molecular weight excluding hydrogens is 254 g/mol. The third kappa shape index (κ3) is 3.43. The predicted molar refractivity (Wildman–Crippen MR) is 56.7 cm³/mol. The van der Waals surface area contributed by atoms with Crippen molar-refractivity contribution < 1.29 is 27.1 Å². The third-order valence-electron chi connectivity index (χ3n) is 2.07. The topological polar surface area (TPSA) is 38.3 Å². The monoisotopic (exact) mass is 265 g/mol. The van der Waals surface area contributed by atoms with Crippen molar-refractivity contribution in [1.29, 1.82) is 0 Å². The Hall–Kier alpha value is -1.63. The van der Waals surface area contributed by atoms with Gasteiger partial charge in [-0.25, -0.2) is 8.78 Å². The summed E-state index contributed by atoms with van der Waals surface area (Å²) in [6.45, 7) is 0.217. The van der Waals surface area contributed by atoms with Crippen molar-refractivity contribution in [1.82, 2.24) is 0 Å². The van der Waals surface area contributed by atoms with Gasteiger partial charge in [-0.15, -0.1) is 0 Å². The van der Waals surface area contributed by atoms with Crippen LogP contribution in [0.15, 0.2) is 24.3 Å². The number of hydrogen-bond acceptors (Lipinski definition) is 2. The van der Waals surface area contributed by atoms with E-state index < -0.39 is 18.3 Å². The molecule has 0 atom stereocenters. The van der Waals surface area contributed by atoms with Gasteiger partial charge in [0.25, 0.3) is 0 Å². The number of rotatable bonds is 5. The van der Waals surface area contributed by atoms with Crippen LogP contribution in [0, 0.1) is 0 Å². The van der Waals surface area contributed by atoms with Crippen molar-refractivity contribution in [3.63, 3.8) is 0 Å². The van der Waals surface area contributed by atoms with Crippen LogP contribution in [0.2, 0.25) is 0 Å². The molecule has 0 aliphatic heterocycles. The zero-order valence-corrected chi connectivity index (χ0v) is 9.42. The Balaban J connectivity index is 2.79. The molecule has 1 N–H and O–H groups in total. The number of methoxy groups -OCH3 is 1. The van der Waals surface area contributed by atoms with Crippen molar-refractivity contribution >= 4 is 11.6 Å². The number of nitrogens with one attached hydrogen (secondary N) is 1. The van der Waals surface area contributed by atoms with Crippen LogP contribution in [0.5, 0.6) is 0 Å². The highest BCUT2D eigenvalue weighted by molar-refractivity contribution is 5.96. The van der Waals surface area contributed by atoms with E-state index in [1.807, 2.05) is 0 Å². The van der Waals surface area contributed by atoms with Crippen molar-refractivity contribution in [2.45, 2.75) is 19.0 Å². The molecule has 0 fully saturated rings. The van der Waals surface area contributed by atoms with Gasteiger partial charge in [-0.05, 0) is 17.7 Å². The second-order valence-electron chi connectivity index (χ2n) is 3.51. The zero-order chi connectivity index (χ0) is 13.8. The van der Waals surface area contributed by atoms with Gasteiger partial charge < -0.3 is 10.1 Å². The summed E-state index contributed by atoms with van der Waals surface area (Å²) in [5.41, 5.74) is 0.630. The van der Waals surface area contributed by atoms with E-state index in [9.17, 15) is 22.4 Å². The van der Waals surface area contributed by atoms with E-state index in [2.05, 4.69) is 0 Å². The number of carbonyl (C=O) groups excluding carboxylic acids is 1. The molecule has 18 heavy (non-hydrogen) atoms. The third-order valence-corrected chi connectivity index (χ3v) is 2.07. The molecule has 7 heteroatoms. The molecule has 3 nitrogen and oxygen atoms in total. The number of alkyl halides is 4. The summed E-state index contributed by atoms with van der Waals surface area (Å²) in [6.07, 6.45) is -4.04. The summed E-state index contributed by atoms with van der Waals surface area (Å²) in [5, 5.41) is 1.74. The number of anilines is 1. The van der Waals surface area contributed by atoms with Gasteiger partial charge in [0.2, 0.25) is 0 Å². The fraction of sp³-hybridized carbons (Fsp3) is 0.364. The molecule has 0 aliphatic rings. The first-order chi connectivity index (χ1) is 8.37. The van der Waals surface area contributed by atoms with Crippen LogP contribution in [0.4, 0.5) is 23.2 Å². The van der Waals surface area contributed by atoms with Gasteiger partial charge in [-0.2, -0.15) is 8.78 Å². The second kappa shape index (κ2) is 5.81. The summed E-state index contributed by atoms with van der Waals surface area (Å²) in [6, 6.07) is 5.82. The molecule has 1 amide bonds. The summed E-state index contributed by atoms with van der Waals surface area (Å²) in [5.74, 6) is -6.75. The molecule has 0 radical (unpaired) electrons. The van der Waals surface area contributed by atoms with Crippen LogP contribution in [0.1, 0.15) is 5.56 Å². The highest BCUT2D eigenvalue weighted by atomic mass is 19.3. The van der Waals surface area contributed by atoms with Crippen LogP contribution < -0.4 is 5.32 Å². The number of halogens is 4. The molecule has 100 valence electrons. The SMILES string of the molecule is COCc1cccc(NC(=O)C(F)(F)C(F)F)c1. The highest BCUT2D eigenvalue weighted by Gasteiger charge is 2.48. The van der Waals surface area contributed by atoms with E-state index in [0.717, 1.165) is 0 Å². The normalized spacial score (nSPS) is 11.7. The molecule has 0 unspecified atom stereocenters. The molecule has 1 aromatic carbocycles. The minimum atomic E-state index is -4.71. The lowest BCUT2D eigenvalue weighted by atomic mass is 10.2. The van der Waals surface area contributed by atoms with Gasteiger partial charge in [0, 0.05) is 12.8 Å². The number of benzene rings is 1. The minimum absolute atomic E-state index is 0.00914. The quantitative estimate of drug-likeness (QED) is 0.831. The first kappa shape index (κ1) is 14.4. The first-order valence-electron chi connectivity index (χ1n) is 4.93. The lowest BCUT2D eigenvalue weighted by molar-refractivity contribution is -0.163. The molecule has 1 aromatic rings. The first-order valence-corrected chi connectivity index (χ1v) is 4.93. The number of ether oxygens (including phenoxy) is 1. The number of amides is 1. The Morgan fingerprint density at radius 1 is 1.44 bits per heavy atom. The maximum atomic E-state index is 12.7. The lowest BCUT2D eigenvalue weighted by Crippen LogP contribution is -2.40. The van der Waals surface area contributed by atoms with Crippen LogP contribution in [0.25, 0.3) is 0 Å². The summed E-state index contributed by atoms with van der Waals surface area (Å²) in [7, 11) is 1.44. The fourth-order valence-corrected chi connectivity index (χ4v) is 1.22. The maximum absolute atomic E-state index is 12.7. The smallest absolute Gasteiger partial charge is 0.380 e. The predicted octanol–water partition coefficient (Wildman–Crippen LogP) is 2.67. The lowest BCUT2D eigenvalue weighted by Gasteiger charge is -2.15. The van der Waals surface area contributed by atoms with Crippen LogP contribution in [-0.4, -0.2) is 25.4 Å². The molecule has 0 aromatic heterocycles. The summed E-state index contributed by atoms with van der Waals surface area (Å²) < 4.78 is 54.1.